The predicted molar refractivity (Wildman–Crippen MR) is 164 cm³/mol. The summed E-state index contributed by atoms with van der Waals surface area (Å²) in [4.78, 5) is 12.7. The van der Waals surface area contributed by atoms with Gasteiger partial charge in [-0.3, -0.25) is 4.79 Å². The van der Waals surface area contributed by atoms with Gasteiger partial charge in [-0.25, -0.2) is 0 Å². The van der Waals surface area contributed by atoms with E-state index in [0.717, 1.165) is 29.7 Å². The van der Waals surface area contributed by atoms with Crippen molar-refractivity contribution < 1.29 is 18.8 Å². The van der Waals surface area contributed by atoms with Crippen LogP contribution in [0.15, 0.2) is 54.6 Å². The standard InChI is InChI=1S/C35H56NO3/c1-5-7-8-9-10-11-12-13-14-15-16-20-25-32-26-21-22-27-33(32)38-35(6-2)39-34(37)28-29-36(3,4)30-31-23-18-17-19-24-31/h17-19,21-24,26-27,35H,5-16,20,25,28-30H2,1-4H3/q+1. The van der Waals surface area contributed by atoms with Crippen molar-refractivity contribution in [3.63, 3.8) is 0 Å². The molecule has 0 fully saturated rings. The van der Waals surface area contributed by atoms with Gasteiger partial charge < -0.3 is 14.0 Å². The Hall–Kier alpha value is -2.33. The van der Waals surface area contributed by atoms with Gasteiger partial charge in [-0.1, -0.05) is 133 Å². The number of carbonyl (C=O) groups is 1. The molecule has 0 radical (unpaired) electrons. The van der Waals surface area contributed by atoms with Crippen LogP contribution >= 0.6 is 0 Å². The molecule has 0 aromatic heterocycles. The molecule has 0 saturated carbocycles. The van der Waals surface area contributed by atoms with Gasteiger partial charge in [0.15, 0.2) is 0 Å². The van der Waals surface area contributed by atoms with Crippen molar-refractivity contribution in [2.75, 3.05) is 20.6 Å². The second kappa shape index (κ2) is 19.7. The number of rotatable bonds is 22. The van der Waals surface area contributed by atoms with Crippen LogP contribution in [0.2, 0.25) is 0 Å². The van der Waals surface area contributed by atoms with E-state index >= 15 is 0 Å². The number of benzene rings is 2. The molecular formula is C35H56NO3+. The first-order chi connectivity index (χ1) is 18.9. The minimum Gasteiger partial charge on any atom is -0.455 e. The largest absolute Gasteiger partial charge is 0.455 e. The number of unbranched alkanes of at least 4 members (excludes halogenated alkanes) is 11. The third-order valence-corrected chi connectivity index (χ3v) is 7.50. The Bertz CT molecular complexity index is 896. The van der Waals surface area contributed by atoms with Crippen LogP contribution in [0.5, 0.6) is 5.75 Å². The summed E-state index contributed by atoms with van der Waals surface area (Å²) in [5.74, 6) is 0.653. The average molecular weight is 539 g/mol. The fraction of sp³-hybridized carbons (Fsp3) is 0.629. The summed E-state index contributed by atoms with van der Waals surface area (Å²) >= 11 is 0. The van der Waals surface area contributed by atoms with E-state index in [4.69, 9.17) is 9.47 Å². The van der Waals surface area contributed by atoms with Gasteiger partial charge in [-0.2, -0.15) is 0 Å². The Morgan fingerprint density at radius 1 is 0.744 bits per heavy atom. The molecule has 2 rings (SSSR count). The van der Waals surface area contributed by atoms with Gasteiger partial charge in [-0.15, -0.1) is 0 Å². The number of quaternary nitrogens is 1. The van der Waals surface area contributed by atoms with Crippen LogP contribution in [0.3, 0.4) is 0 Å². The highest BCUT2D eigenvalue weighted by Crippen LogP contribution is 2.23. The summed E-state index contributed by atoms with van der Waals surface area (Å²) in [5.41, 5.74) is 2.48. The molecule has 2 aromatic rings. The molecule has 0 aliphatic heterocycles. The SMILES string of the molecule is CCCCCCCCCCCCCCc1ccccc1OC(CC)OC(=O)CC[N+](C)(C)Cc1ccccc1. The number of carbonyl (C=O) groups excluding carboxylic acids is 1. The second-order valence-corrected chi connectivity index (χ2v) is 11.7. The smallest absolute Gasteiger partial charge is 0.314 e. The zero-order chi connectivity index (χ0) is 28.2. The first kappa shape index (κ1) is 32.9. The predicted octanol–water partition coefficient (Wildman–Crippen LogP) is 9.26. The van der Waals surface area contributed by atoms with Crippen molar-refractivity contribution in [3.8, 4) is 5.75 Å². The molecule has 0 amide bonds. The van der Waals surface area contributed by atoms with E-state index < -0.39 is 6.29 Å². The number of nitrogens with zero attached hydrogens (tertiary/aromatic N) is 1. The molecule has 0 N–H and O–H groups in total. The van der Waals surface area contributed by atoms with Gasteiger partial charge in [0.1, 0.15) is 12.3 Å². The molecule has 4 nitrogen and oxygen atoms in total. The van der Waals surface area contributed by atoms with E-state index in [0.29, 0.717) is 12.8 Å². The number of ether oxygens (including phenoxy) is 2. The van der Waals surface area contributed by atoms with Gasteiger partial charge in [0.25, 0.3) is 0 Å². The van der Waals surface area contributed by atoms with Crippen molar-refractivity contribution in [2.45, 2.75) is 123 Å². The summed E-state index contributed by atoms with van der Waals surface area (Å²) < 4.78 is 12.7. The maximum atomic E-state index is 12.7. The lowest BCUT2D eigenvalue weighted by Gasteiger charge is -2.30. The van der Waals surface area contributed by atoms with Gasteiger partial charge in [0.2, 0.25) is 6.29 Å². The molecule has 0 heterocycles. The molecule has 1 unspecified atom stereocenters. The van der Waals surface area contributed by atoms with Crippen LogP contribution in [0.25, 0.3) is 0 Å². The maximum absolute atomic E-state index is 12.7. The lowest BCUT2D eigenvalue weighted by molar-refractivity contribution is -0.903. The first-order valence-electron chi connectivity index (χ1n) is 15.7. The summed E-state index contributed by atoms with van der Waals surface area (Å²) in [6.45, 7) is 5.89. The Labute approximate surface area is 239 Å². The van der Waals surface area contributed by atoms with Crippen molar-refractivity contribution in [2.24, 2.45) is 0 Å². The van der Waals surface area contributed by atoms with Gasteiger partial charge in [-0.05, 0) is 24.5 Å². The lowest BCUT2D eigenvalue weighted by atomic mass is 10.0. The highest BCUT2D eigenvalue weighted by molar-refractivity contribution is 5.69. The third-order valence-electron chi connectivity index (χ3n) is 7.50. The Morgan fingerprint density at radius 2 is 1.31 bits per heavy atom. The maximum Gasteiger partial charge on any atom is 0.314 e. The average Bonchev–Trinajstić information content (AvgIpc) is 2.93. The van der Waals surface area contributed by atoms with Crippen LogP contribution in [-0.4, -0.2) is 37.4 Å². The van der Waals surface area contributed by atoms with E-state index in [1.54, 1.807) is 0 Å². The number of hydrogen-bond acceptors (Lipinski definition) is 3. The molecule has 0 aliphatic carbocycles. The van der Waals surface area contributed by atoms with Crippen LogP contribution in [0.4, 0.5) is 0 Å². The van der Waals surface area contributed by atoms with E-state index in [9.17, 15) is 4.79 Å². The molecule has 4 heteroatoms. The highest BCUT2D eigenvalue weighted by Gasteiger charge is 2.21. The zero-order valence-corrected chi connectivity index (χ0v) is 25.5. The van der Waals surface area contributed by atoms with Crippen molar-refractivity contribution >= 4 is 5.97 Å². The Balaban J connectivity index is 1.67. The summed E-state index contributed by atoms with van der Waals surface area (Å²) in [5, 5.41) is 0. The monoisotopic (exact) mass is 538 g/mol. The topological polar surface area (TPSA) is 35.5 Å². The minimum atomic E-state index is -0.551. The Kier molecular flexibility index (Phi) is 16.6. The number of para-hydroxylation sites is 1. The van der Waals surface area contributed by atoms with E-state index in [2.05, 4.69) is 57.4 Å². The number of aryl methyl sites for hydroxylation is 1. The Morgan fingerprint density at radius 3 is 1.92 bits per heavy atom. The third kappa shape index (κ3) is 15.1. The molecule has 1 atom stereocenters. The van der Waals surface area contributed by atoms with Crippen molar-refractivity contribution in [1.82, 2.24) is 0 Å². The molecule has 0 spiro atoms. The second-order valence-electron chi connectivity index (χ2n) is 11.7. The van der Waals surface area contributed by atoms with E-state index in [1.807, 2.05) is 25.1 Å². The first-order valence-corrected chi connectivity index (χ1v) is 15.7. The fourth-order valence-electron chi connectivity index (χ4n) is 5.07. The van der Waals surface area contributed by atoms with Crippen LogP contribution in [-0.2, 0) is 22.5 Å². The summed E-state index contributed by atoms with van der Waals surface area (Å²) in [6.07, 6.45) is 17.7. The van der Waals surface area contributed by atoms with Crippen molar-refractivity contribution in [1.29, 1.82) is 0 Å². The van der Waals surface area contributed by atoms with Gasteiger partial charge in [0, 0.05) is 12.0 Å². The van der Waals surface area contributed by atoms with Gasteiger partial charge in [0.05, 0.1) is 27.1 Å². The molecule has 2 aromatic carbocycles. The molecule has 0 saturated heterocycles. The van der Waals surface area contributed by atoms with Crippen LogP contribution in [0, 0.1) is 0 Å². The fourth-order valence-corrected chi connectivity index (χ4v) is 5.07. The quantitative estimate of drug-likeness (QED) is 0.0648. The van der Waals surface area contributed by atoms with E-state index in [1.165, 1.54) is 88.2 Å². The number of hydrogen-bond donors (Lipinski definition) is 0. The molecule has 39 heavy (non-hydrogen) atoms. The molecule has 0 aliphatic rings. The zero-order valence-electron chi connectivity index (χ0n) is 25.5. The van der Waals surface area contributed by atoms with E-state index in [-0.39, 0.29) is 5.97 Å². The molecule has 218 valence electrons. The lowest BCUT2D eigenvalue weighted by Crippen LogP contribution is -2.41. The van der Waals surface area contributed by atoms with Crippen molar-refractivity contribution in [3.05, 3.63) is 65.7 Å². The molecular weight excluding hydrogens is 482 g/mol. The minimum absolute atomic E-state index is 0.195. The normalized spacial score (nSPS) is 12.3. The van der Waals surface area contributed by atoms with Crippen LogP contribution in [0.1, 0.15) is 115 Å². The number of esters is 1. The highest BCUT2D eigenvalue weighted by atomic mass is 16.7. The molecule has 0 bridgehead atoms. The van der Waals surface area contributed by atoms with Gasteiger partial charge >= 0.3 is 5.97 Å². The summed E-state index contributed by atoms with van der Waals surface area (Å²) in [6, 6.07) is 18.6. The summed E-state index contributed by atoms with van der Waals surface area (Å²) in [7, 11) is 4.31. The van der Waals surface area contributed by atoms with Crippen LogP contribution < -0.4 is 4.74 Å².